The molecule has 0 saturated heterocycles. The summed E-state index contributed by atoms with van der Waals surface area (Å²) in [5.74, 6) is -1.30. The van der Waals surface area contributed by atoms with Gasteiger partial charge in [0.2, 0.25) is 0 Å². The minimum Gasteiger partial charge on any atom is -0.247 e. The number of halogens is 4. The average molecular weight is 184 g/mol. The monoisotopic (exact) mass is 184 g/mol. The van der Waals surface area contributed by atoms with Crippen LogP contribution in [0.3, 0.4) is 0 Å². The number of rotatable bonds is 4. The van der Waals surface area contributed by atoms with Crippen LogP contribution in [0.1, 0.15) is 19.8 Å². The molecule has 0 radical (unpaired) electrons. The highest BCUT2D eigenvalue weighted by Gasteiger charge is 2.34. The molecule has 72 valence electrons. The zero-order valence-corrected chi connectivity index (χ0v) is 6.87. The third-order valence-corrected chi connectivity index (χ3v) is 1.58. The second kappa shape index (κ2) is 5.17. The van der Waals surface area contributed by atoms with Crippen molar-refractivity contribution in [1.82, 2.24) is 0 Å². The van der Waals surface area contributed by atoms with Crippen LogP contribution in [-0.4, -0.2) is 12.9 Å². The van der Waals surface area contributed by atoms with Crippen molar-refractivity contribution in [3.05, 3.63) is 12.2 Å². The van der Waals surface area contributed by atoms with E-state index in [1.165, 1.54) is 12.2 Å². The van der Waals surface area contributed by atoms with E-state index in [-0.39, 0.29) is 12.8 Å². The van der Waals surface area contributed by atoms with E-state index in [9.17, 15) is 17.6 Å². The zero-order valence-electron chi connectivity index (χ0n) is 6.87. The lowest BCUT2D eigenvalue weighted by atomic mass is 10.1. The van der Waals surface area contributed by atoms with Crippen molar-refractivity contribution >= 4 is 0 Å². The van der Waals surface area contributed by atoms with Crippen LogP contribution >= 0.6 is 0 Å². The van der Waals surface area contributed by atoms with Gasteiger partial charge in [0.15, 0.2) is 0 Å². The molecule has 0 aliphatic rings. The van der Waals surface area contributed by atoms with E-state index < -0.39 is 18.8 Å². The maximum atomic E-state index is 11.9. The lowest BCUT2D eigenvalue weighted by Gasteiger charge is -2.13. The minimum atomic E-state index is -4.12. The van der Waals surface area contributed by atoms with Gasteiger partial charge in [-0.25, -0.2) is 4.39 Å². The van der Waals surface area contributed by atoms with Crippen LogP contribution in [0, 0.1) is 5.92 Å². The maximum absolute atomic E-state index is 11.9. The Morgan fingerprint density at radius 1 is 1.25 bits per heavy atom. The van der Waals surface area contributed by atoms with E-state index in [1.807, 2.05) is 0 Å². The summed E-state index contributed by atoms with van der Waals surface area (Å²) in [6, 6.07) is 0. The Morgan fingerprint density at radius 2 is 1.83 bits per heavy atom. The SMILES string of the molecule is CC(CCC=CCF)C(F)(F)F. The van der Waals surface area contributed by atoms with E-state index in [0.29, 0.717) is 0 Å². The van der Waals surface area contributed by atoms with E-state index in [1.54, 1.807) is 0 Å². The molecule has 0 rings (SSSR count). The van der Waals surface area contributed by atoms with Gasteiger partial charge in [-0.05, 0) is 12.8 Å². The molecule has 0 aromatic carbocycles. The quantitative estimate of drug-likeness (QED) is 0.463. The second-order valence-electron chi connectivity index (χ2n) is 2.65. The van der Waals surface area contributed by atoms with Crippen molar-refractivity contribution in [3.63, 3.8) is 0 Å². The molecule has 1 atom stereocenters. The molecule has 0 spiro atoms. The summed E-state index contributed by atoms with van der Waals surface area (Å²) in [7, 11) is 0. The summed E-state index contributed by atoms with van der Waals surface area (Å²) >= 11 is 0. The van der Waals surface area contributed by atoms with Gasteiger partial charge < -0.3 is 0 Å². The standard InChI is InChI=1S/C8H12F4/c1-7(8(10,11)12)5-3-2-4-6-9/h2,4,7H,3,5-6H2,1H3. The molecule has 0 nitrogen and oxygen atoms in total. The maximum Gasteiger partial charge on any atom is 0.391 e. The number of alkyl halides is 4. The van der Waals surface area contributed by atoms with Crippen LogP contribution in [0.5, 0.6) is 0 Å². The molecule has 0 amide bonds. The molecule has 0 N–H and O–H groups in total. The fraction of sp³-hybridized carbons (Fsp3) is 0.750. The first kappa shape index (κ1) is 11.5. The van der Waals surface area contributed by atoms with Crippen LogP contribution in [0.25, 0.3) is 0 Å². The minimum absolute atomic E-state index is 0.0278. The van der Waals surface area contributed by atoms with Gasteiger partial charge in [-0.2, -0.15) is 13.2 Å². The molecule has 0 fully saturated rings. The molecule has 0 bridgehead atoms. The van der Waals surface area contributed by atoms with Gasteiger partial charge in [-0.1, -0.05) is 19.1 Å². The second-order valence-corrected chi connectivity index (χ2v) is 2.65. The molecular formula is C8H12F4. The summed E-state index contributed by atoms with van der Waals surface area (Å²) in [6.07, 6.45) is -1.15. The predicted octanol–water partition coefficient (Wildman–Crippen LogP) is 3.49. The summed E-state index contributed by atoms with van der Waals surface area (Å²) in [5.41, 5.74) is 0. The van der Waals surface area contributed by atoms with E-state index in [4.69, 9.17) is 0 Å². The highest BCUT2D eigenvalue weighted by Crippen LogP contribution is 2.28. The Balaban J connectivity index is 3.58. The van der Waals surface area contributed by atoms with E-state index >= 15 is 0 Å². The Kier molecular flexibility index (Phi) is 4.93. The normalized spacial score (nSPS) is 15.4. The molecule has 0 aromatic rings. The van der Waals surface area contributed by atoms with E-state index in [2.05, 4.69) is 0 Å². The highest BCUT2D eigenvalue weighted by atomic mass is 19.4. The van der Waals surface area contributed by atoms with Gasteiger partial charge in [0, 0.05) is 0 Å². The summed E-state index contributed by atoms with van der Waals surface area (Å²) in [5, 5.41) is 0. The van der Waals surface area contributed by atoms with Crippen LogP contribution in [0.4, 0.5) is 17.6 Å². The van der Waals surface area contributed by atoms with Crippen LogP contribution in [-0.2, 0) is 0 Å². The molecule has 12 heavy (non-hydrogen) atoms. The van der Waals surface area contributed by atoms with Crippen LogP contribution < -0.4 is 0 Å². The first-order valence-electron chi connectivity index (χ1n) is 3.76. The fourth-order valence-corrected chi connectivity index (χ4v) is 0.691. The highest BCUT2D eigenvalue weighted by molar-refractivity contribution is 4.81. The summed E-state index contributed by atoms with van der Waals surface area (Å²) < 4.78 is 47.0. The first-order valence-corrected chi connectivity index (χ1v) is 3.76. The van der Waals surface area contributed by atoms with Crippen molar-refractivity contribution in [1.29, 1.82) is 0 Å². The van der Waals surface area contributed by atoms with Crippen molar-refractivity contribution in [2.45, 2.75) is 25.9 Å². The number of allylic oxidation sites excluding steroid dienone is 2. The lowest BCUT2D eigenvalue weighted by Crippen LogP contribution is -2.19. The Labute approximate surface area is 69.3 Å². The molecule has 0 aliphatic carbocycles. The lowest BCUT2D eigenvalue weighted by molar-refractivity contribution is -0.170. The predicted molar refractivity (Wildman–Crippen MR) is 39.6 cm³/mol. The smallest absolute Gasteiger partial charge is 0.247 e. The van der Waals surface area contributed by atoms with E-state index in [0.717, 1.165) is 6.92 Å². The fourth-order valence-electron chi connectivity index (χ4n) is 0.691. The van der Waals surface area contributed by atoms with Crippen molar-refractivity contribution < 1.29 is 17.6 Å². The van der Waals surface area contributed by atoms with Gasteiger partial charge in [0.1, 0.15) is 6.67 Å². The van der Waals surface area contributed by atoms with Gasteiger partial charge >= 0.3 is 6.18 Å². The van der Waals surface area contributed by atoms with Crippen LogP contribution in [0.2, 0.25) is 0 Å². The Bertz CT molecular complexity index is 136. The topological polar surface area (TPSA) is 0 Å². The Hall–Kier alpha value is -0.540. The average Bonchev–Trinajstić information content (AvgIpc) is 1.96. The largest absolute Gasteiger partial charge is 0.391 e. The molecule has 4 heteroatoms. The summed E-state index contributed by atoms with van der Waals surface area (Å²) in [6.45, 7) is 0.518. The third-order valence-electron chi connectivity index (χ3n) is 1.58. The first-order chi connectivity index (χ1) is 5.48. The number of hydrogen-bond donors (Lipinski definition) is 0. The third kappa shape index (κ3) is 5.16. The van der Waals surface area contributed by atoms with Crippen molar-refractivity contribution in [3.8, 4) is 0 Å². The van der Waals surface area contributed by atoms with Gasteiger partial charge in [0.25, 0.3) is 0 Å². The van der Waals surface area contributed by atoms with Gasteiger partial charge in [-0.3, -0.25) is 0 Å². The van der Waals surface area contributed by atoms with Gasteiger partial charge in [-0.15, -0.1) is 0 Å². The Morgan fingerprint density at radius 3 is 2.25 bits per heavy atom. The van der Waals surface area contributed by atoms with Gasteiger partial charge in [0.05, 0.1) is 5.92 Å². The molecule has 0 aromatic heterocycles. The molecule has 0 saturated carbocycles. The summed E-state index contributed by atoms with van der Waals surface area (Å²) in [4.78, 5) is 0. The van der Waals surface area contributed by atoms with Crippen molar-refractivity contribution in [2.75, 3.05) is 6.67 Å². The number of hydrogen-bond acceptors (Lipinski definition) is 0. The zero-order chi connectivity index (χ0) is 9.61. The van der Waals surface area contributed by atoms with Crippen molar-refractivity contribution in [2.24, 2.45) is 5.92 Å². The molecule has 1 unspecified atom stereocenters. The molecule has 0 heterocycles. The van der Waals surface area contributed by atoms with Crippen LogP contribution in [0.15, 0.2) is 12.2 Å². The molecular weight excluding hydrogens is 172 g/mol. The molecule has 0 aliphatic heterocycles.